The monoisotopic (exact) mass is 357 g/mol. The highest BCUT2D eigenvalue weighted by Crippen LogP contribution is 2.28. The summed E-state index contributed by atoms with van der Waals surface area (Å²) in [6.07, 6.45) is 0. The van der Waals surface area contributed by atoms with Crippen LogP contribution in [0.25, 0.3) is 21.5 Å². The summed E-state index contributed by atoms with van der Waals surface area (Å²) < 4.78 is 6.66. The van der Waals surface area contributed by atoms with Crippen molar-refractivity contribution in [1.82, 2.24) is 4.57 Å². The third kappa shape index (κ3) is 2.89. The number of benzene rings is 3. The van der Waals surface area contributed by atoms with Crippen LogP contribution in [-0.4, -0.2) is 17.6 Å². The van der Waals surface area contributed by atoms with E-state index in [4.69, 9.17) is 4.74 Å². The van der Waals surface area contributed by atoms with Gasteiger partial charge in [0.2, 0.25) is 0 Å². The first-order chi connectivity index (χ1) is 13.1. The van der Waals surface area contributed by atoms with Gasteiger partial charge in [0.05, 0.1) is 24.6 Å². The van der Waals surface area contributed by atoms with Crippen molar-refractivity contribution in [3.05, 3.63) is 93.9 Å². The minimum Gasteiger partial charge on any atom is -0.465 e. The lowest BCUT2D eigenvalue weighted by Gasteiger charge is -2.15. The molecule has 0 unspecified atom stereocenters. The number of carbonyl (C=O) groups excluding carboxylic acids is 1. The molecule has 0 N–H and O–H groups in total. The summed E-state index contributed by atoms with van der Waals surface area (Å²) >= 11 is 0. The predicted molar refractivity (Wildman–Crippen MR) is 107 cm³/mol. The third-order valence-electron chi connectivity index (χ3n) is 4.92. The number of aryl methyl sites for hydroxylation is 1. The van der Waals surface area contributed by atoms with Crippen LogP contribution in [0, 0.1) is 6.92 Å². The van der Waals surface area contributed by atoms with Crippen molar-refractivity contribution in [2.75, 3.05) is 7.11 Å². The van der Waals surface area contributed by atoms with Crippen LogP contribution in [0.15, 0.2) is 71.5 Å². The van der Waals surface area contributed by atoms with Crippen LogP contribution in [0.1, 0.15) is 21.6 Å². The first kappa shape index (κ1) is 17.0. The number of rotatable bonds is 3. The maximum Gasteiger partial charge on any atom is 0.338 e. The Balaban J connectivity index is 2.08. The molecule has 0 saturated carbocycles. The second-order valence-electron chi connectivity index (χ2n) is 6.59. The first-order valence-corrected chi connectivity index (χ1v) is 8.78. The summed E-state index contributed by atoms with van der Waals surface area (Å²) in [6, 6.07) is 21.3. The van der Waals surface area contributed by atoms with Crippen LogP contribution in [0.4, 0.5) is 0 Å². The Morgan fingerprint density at radius 3 is 2.41 bits per heavy atom. The molecule has 0 saturated heterocycles. The molecule has 134 valence electrons. The summed E-state index contributed by atoms with van der Waals surface area (Å²) in [4.78, 5) is 25.8. The number of ether oxygens (including phenoxy) is 1. The van der Waals surface area contributed by atoms with E-state index in [1.165, 1.54) is 7.11 Å². The molecule has 4 rings (SSSR count). The van der Waals surface area contributed by atoms with Crippen LogP contribution >= 0.6 is 0 Å². The topological polar surface area (TPSA) is 48.3 Å². The Morgan fingerprint density at radius 2 is 1.67 bits per heavy atom. The highest BCUT2D eigenvalue weighted by Gasteiger charge is 2.18. The molecular formula is C23H19NO3. The van der Waals surface area contributed by atoms with E-state index in [1.54, 1.807) is 10.6 Å². The standard InChI is InChI=1S/C23H19NO3/c1-15-12-19-18-11-7-6-10-17(18)13-20(23(26)27-2)21(19)22(25)24(15)14-16-8-4-3-5-9-16/h3-13H,14H2,1-2H3. The van der Waals surface area contributed by atoms with Gasteiger partial charge in [-0.2, -0.15) is 0 Å². The van der Waals surface area contributed by atoms with Gasteiger partial charge < -0.3 is 9.30 Å². The predicted octanol–water partition coefficient (Wildman–Crippen LogP) is 4.30. The molecular weight excluding hydrogens is 338 g/mol. The maximum atomic E-state index is 13.4. The van der Waals surface area contributed by atoms with E-state index < -0.39 is 5.97 Å². The minimum atomic E-state index is -0.502. The summed E-state index contributed by atoms with van der Waals surface area (Å²) in [6.45, 7) is 2.37. The van der Waals surface area contributed by atoms with E-state index in [-0.39, 0.29) is 5.56 Å². The van der Waals surface area contributed by atoms with Crippen LogP contribution in [0.5, 0.6) is 0 Å². The van der Waals surface area contributed by atoms with Gasteiger partial charge in [-0.05, 0) is 40.8 Å². The molecule has 0 atom stereocenters. The molecule has 1 heterocycles. The first-order valence-electron chi connectivity index (χ1n) is 8.78. The fourth-order valence-corrected chi connectivity index (χ4v) is 3.57. The largest absolute Gasteiger partial charge is 0.465 e. The van der Waals surface area contributed by atoms with Crippen molar-refractivity contribution in [3.63, 3.8) is 0 Å². The third-order valence-corrected chi connectivity index (χ3v) is 4.92. The van der Waals surface area contributed by atoms with E-state index in [1.807, 2.05) is 67.6 Å². The smallest absolute Gasteiger partial charge is 0.338 e. The van der Waals surface area contributed by atoms with Crippen LogP contribution < -0.4 is 5.56 Å². The second kappa shape index (κ2) is 6.72. The Hall–Kier alpha value is -3.40. The van der Waals surface area contributed by atoms with Crippen molar-refractivity contribution in [3.8, 4) is 0 Å². The number of nitrogens with zero attached hydrogens (tertiary/aromatic N) is 1. The van der Waals surface area contributed by atoms with Crippen molar-refractivity contribution >= 4 is 27.5 Å². The van der Waals surface area contributed by atoms with Gasteiger partial charge in [0.1, 0.15) is 0 Å². The van der Waals surface area contributed by atoms with Gasteiger partial charge in [0.15, 0.2) is 0 Å². The van der Waals surface area contributed by atoms with Gasteiger partial charge in [-0.3, -0.25) is 4.79 Å². The van der Waals surface area contributed by atoms with Crippen molar-refractivity contribution in [2.45, 2.75) is 13.5 Å². The highest BCUT2D eigenvalue weighted by atomic mass is 16.5. The van der Waals surface area contributed by atoms with Crippen LogP contribution in [0.3, 0.4) is 0 Å². The normalized spacial score (nSPS) is 11.0. The summed E-state index contributed by atoms with van der Waals surface area (Å²) in [5.74, 6) is -0.502. The average Bonchev–Trinajstić information content (AvgIpc) is 2.70. The molecule has 0 radical (unpaired) electrons. The second-order valence-corrected chi connectivity index (χ2v) is 6.59. The lowest BCUT2D eigenvalue weighted by atomic mass is 9.97. The van der Waals surface area contributed by atoms with Crippen molar-refractivity contribution in [1.29, 1.82) is 0 Å². The van der Waals surface area contributed by atoms with Crippen molar-refractivity contribution < 1.29 is 9.53 Å². The molecule has 4 nitrogen and oxygen atoms in total. The van der Waals surface area contributed by atoms with Gasteiger partial charge in [-0.25, -0.2) is 4.79 Å². The Kier molecular flexibility index (Phi) is 4.24. The Bertz CT molecular complexity index is 1220. The molecule has 0 aliphatic carbocycles. The van der Waals surface area contributed by atoms with Crippen molar-refractivity contribution in [2.24, 2.45) is 0 Å². The molecule has 27 heavy (non-hydrogen) atoms. The zero-order valence-corrected chi connectivity index (χ0v) is 15.2. The Labute approximate surface area is 156 Å². The van der Waals surface area contributed by atoms with E-state index in [0.717, 1.165) is 27.4 Å². The number of fused-ring (bicyclic) bond motifs is 3. The van der Waals surface area contributed by atoms with Gasteiger partial charge in [0, 0.05) is 5.69 Å². The summed E-state index contributed by atoms with van der Waals surface area (Å²) in [5.41, 5.74) is 2.00. The minimum absolute atomic E-state index is 0.181. The van der Waals surface area contributed by atoms with E-state index in [0.29, 0.717) is 17.5 Å². The molecule has 4 aromatic rings. The number of esters is 1. The number of hydrogen-bond donors (Lipinski definition) is 0. The van der Waals surface area contributed by atoms with E-state index in [9.17, 15) is 9.59 Å². The number of aromatic nitrogens is 1. The quantitative estimate of drug-likeness (QED) is 0.406. The highest BCUT2D eigenvalue weighted by molar-refractivity contribution is 6.15. The Morgan fingerprint density at radius 1 is 0.963 bits per heavy atom. The molecule has 0 spiro atoms. The van der Waals surface area contributed by atoms with Gasteiger partial charge in [-0.15, -0.1) is 0 Å². The van der Waals surface area contributed by atoms with Gasteiger partial charge >= 0.3 is 5.97 Å². The SMILES string of the molecule is COC(=O)c1cc2ccccc2c2cc(C)n(Cc3ccccc3)c(=O)c12. The maximum absolute atomic E-state index is 13.4. The molecule has 1 aromatic heterocycles. The number of methoxy groups -OCH3 is 1. The molecule has 0 amide bonds. The molecule has 0 aliphatic rings. The van der Waals surface area contributed by atoms with Gasteiger partial charge in [-0.1, -0.05) is 54.6 Å². The lowest BCUT2D eigenvalue weighted by Crippen LogP contribution is -2.25. The summed E-state index contributed by atoms with van der Waals surface area (Å²) in [7, 11) is 1.33. The molecule has 0 aliphatic heterocycles. The van der Waals surface area contributed by atoms with E-state index in [2.05, 4.69) is 0 Å². The van der Waals surface area contributed by atoms with Gasteiger partial charge in [0.25, 0.3) is 5.56 Å². The number of carbonyl (C=O) groups is 1. The molecule has 4 heteroatoms. The fraction of sp³-hybridized carbons (Fsp3) is 0.130. The lowest BCUT2D eigenvalue weighted by molar-refractivity contribution is 0.0603. The van der Waals surface area contributed by atoms with E-state index >= 15 is 0 Å². The summed E-state index contributed by atoms with van der Waals surface area (Å²) in [5, 5.41) is 3.04. The number of hydrogen-bond acceptors (Lipinski definition) is 3. The zero-order valence-electron chi connectivity index (χ0n) is 15.2. The van der Waals surface area contributed by atoms with Crippen LogP contribution in [0.2, 0.25) is 0 Å². The fourth-order valence-electron chi connectivity index (χ4n) is 3.57. The zero-order chi connectivity index (χ0) is 19.0. The number of pyridine rings is 1. The molecule has 0 fully saturated rings. The molecule has 0 bridgehead atoms. The molecule has 3 aromatic carbocycles. The van der Waals surface area contributed by atoms with Crippen LogP contribution in [-0.2, 0) is 11.3 Å². The average molecular weight is 357 g/mol.